The first-order valence-corrected chi connectivity index (χ1v) is 10.0. The molecule has 2 aromatic rings. The van der Waals surface area contributed by atoms with Crippen molar-refractivity contribution >= 4 is 11.8 Å². The highest BCUT2D eigenvalue weighted by molar-refractivity contribution is 5.94. The van der Waals surface area contributed by atoms with Crippen LogP contribution in [0.25, 0.3) is 11.4 Å². The number of alkyl halides is 3. The first-order valence-electron chi connectivity index (χ1n) is 10.0. The number of nitrogens with zero attached hydrogens (tertiary/aromatic N) is 2. The van der Waals surface area contributed by atoms with Gasteiger partial charge in [-0.1, -0.05) is 23.8 Å². The maximum Gasteiger partial charge on any atom is 0.416 e. The summed E-state index contributed by atoms with van der Waals surface area (Å²) in [5.74, 6) is -0.215. The van der Waals surface area contributed by atoms with Crippen LogP contribution in [0.15, 0.2) is 42.1 Å². The van der Waals surface area contributed by atoms with E-state index >= 15 is 0 Å². The monoisotopic (exact) mass is 419 g/mol. The van der Waals surface area contributed by atoms with Crippen LogP contribution in [0.5, 0.6) is 0 Å². The number of hydrogen-bond donors (Lipinski definition) is 1. The van der Waals surface area contributed by atoms with Gasteiger partial charge in [-0.05, 0) is 51.2 Å². The number of allylic oxidation sites excluding steroid dienone is 1. The van der Waals surface area contributed by atoms with Gasteiger partial charge in [-0.15, -0.1) is 0 Å². The number of hydrogen-bond acceptors (Lipinski definition) is 5. The van der Waals surface area contributed by atoms with Crippen molar-refractivity contribution in [1.82, 2.24) is 9.97 Å². The maximum absolute atomic E-state index is 13.0. The second kappa shape index (κ2) is 9.73. The van der Waals surface area contributed by atoms with Crippen LogP contribution in [0.4, 0.5) is 19.0 Å². The number of rotatable bonds is 7. The van der Waals surface area contributed by atoms with Gasteiger partial charge < -0.3 is 10.1 Å². The van der Waals surface area contributed by atoms with Gasteiger partial charge >= 0.3 is 12.1 Å². The third-order valence-corrected chi connectivity index (χ3v) is 4.86. The van der Waals surface area contributed by atoms with Gasteiger partial charge in [0.15, 0.2) is 5.82 Å². The minimum absolute atomic E-state index is 0.105. The molecule has 30 heavy (non-hydrogen) atoms. The molecule has 160 valence electrons. The summed E-state index contributed by atoms with van der Waals surface area (Å²) in [6.45, 7) is 2.44. The average Bonchev–Trinajstić information content (AvgIpc) is 2.74. The van der Waals surface area contributed by atoms with Crippen LogP contribution in [-0.2, 0) is 10.9 Å². The molecule has 1 aliphatic carbocycles. The summed E-state index contributed by atoms with van der Waals surface area (Å²) in [4.78, 5) is 20.7. The summed E-state index contributed by atoms with van der Waals surface area (Å²) in [5, 5.41) is 3.14. The maximum atomic E-state index is 13.0. The highest BCUT2D eigenvalue weighted by Gasteiger charge is 2.30. The summed E-state index contributed by atoms with van der Waals surface area (Å²) in [6, 6.07) is 4.80. The number of halogens is 3. The normalized spacial score (nSPS) is 14.2. The second-order valence-electron chi connectivity index (χ2n) is 7.04. The fraction of sp³-hybridized carbons (Fsp3) is 0.409. The standard InChI is InChI=1S/C22H24F3N3O2/c1-2-30-21(29)18-14-27-19(16-9-6-10-17(13-16)22(23,24)25)28-20(18)26-12-11-15-7-4-3-5-8-15/h6-7,9-10,13-14H,2-5,8,11-12H2,1H3,(H,26,27,28). The zero-order chi connectivity index (χ0) is 21.6. The Morgan fingerprint density at radius 2 is 2.10 bits per heavy atom. The van der Waals surface area contributed by atoms with Crippen molar-refractivity contribution in [2.75, 3.05) is 18.5 Å². The highest BCUT2D eigenvalue weighted by Crippen LogP contribution is 2.32. The number of anilines is 1. The van der Waals surface area contributed by atoms with Gasteiger partial charge in [0.2, 0.25) is 0 Å². The predicted octanol–water partition coefficient (Wildman–Crippen LogP) is 5.64. The Kier molecular flexibility index (Phi) is 7.07. The molecule has 0 spiro atoms. The lowest BCUT2D eigenvalue weighted by molar-refractivity contribution is -0.137. The third kappa shape index (κ3) is 5.58. The molecule has 0 fully saturated rings. The summed E-state index contributed by atoms with van der Waals surface area (Å²) in [7, 11) is 0. The van der Waals surface area contributed by atoms with Crippen molar-refractivity contribution < 1.29 is 22.7 Å². The van der Waals surface area contributed by atoms with E-state index in [1.54, 1.807) is 6.92 Å². The molecule has 0 amide bonds. The van der Waals surface area contributed by atoms with Crippen LogP contribution >= 0.6 is 0 Å². The molecule has 5 nitrogen and oxygen atoms in total. The number of carbonyl (C=O) groups excluding carboxylic acids is 1. The van der Waals surface area contributed by atoms with E-state index in [2.05, 4.69) is 21.4 Å². The van der Waals surface area contributed by atoms with Crippen LogP contribution in [0.2, 0.25) is 0 Å². The minimum Gasteiger partial charge on any atom is -0.462 e. The molecule has 0 radical (unpaired) electrons. The third-order valence-electron chi connectivity index (χ3n) is 4.86. The van der Waals surface area contributed by atoms with E-state index in [9.17, 15) is 18.0 Å². The molecule has 1 aliphatic rings. The lowest BCUT2D eigenvalue weighted by Gasteiger charge is -2.15. The van der Waals surface area contributed by atoms with E-state index in [4.69, 9.17) is 4.74 Å². The summed E-state index contributed by atoms with van der Waals surface area (Å²) >= 11 is 0. The number of benzene rings is 1. The summed E-state index contributed by atoms with van der Waals surface area (Å²) in [6.07, 6.45) is 4.40. The van der Waals surface area contributed by atoms with Crippen molar-refractivity contribution in [2.45, 2.75) is 45.2 Å². The zero-order valence-electron chi connectivity index (χ0n) is 16.8. The molecule has 8 heteroatoms. The summed E-state index contributed by atoms with van der Waals surface area (Å²) < 4.78 is 44.2. The van der Waals surface area contributed by atoms with Gasteiger partial charge in [-0.2, -0.15) is 13.2 Å². The molecule has 0 aliphatic heterocycles. The van der Waals surface area contributed by atoms with Gasteiger partial charge in [0.1, 0.15) is 11.4 Å². The van der Waals surface area contributed by atoms with E-state index in [0.717, 1.165) is 31.4 Å². The van der Waals surface area contributed by atoms with Crippen LogP contribution < -0.4 is 5.32 Å². The van der Waals surface area contributed by atoms with E-state index in [-0.39, 0.29) is 29.4 Å². The van der Waals surface area contributed by atoms with Crippen molar-refractivity contribution in [3.05, 3.63) is 53.2 Å². The number of carbonyl (C=O) groups is 1. The molecule has 1 aromatic carbocycles. The molecule has 0 saturated carbocycles. The van der Waals surface area contributed by atoms with Gasteiger partial charge in [0.05, 0.1) is 12.2 Å². The molecule has 3 rings (SSSR count). The predicted molar refractivity (Wildman–Crippen MR) is 108 cm³/mol. The van der Waals surface area contributed by atoms with Crippen LogP contribution in [0.1, 0.15) is 54.9 Å². The molecular weight excluding hydrogens is 395 g/mol. The fourth-order valence-corrected chi connectivity index (χ4v) is 3.32. The molecular formula is C22H24F3N3O2. The Morgan fingerprint density at radius 1 is 1.27 bits per heavy atom. The topological polar surface area (TPSA) is 64.1 Å². The largest absolute Gasteiger partial charge is 0.462 e. The molecule has 0 unspecified atom stereocenters. The van der Waals surface area contributed by atoms with Crippen molar-refractivity contribution in [2.24, 2.45) is 0 Å². The van der Waals surface area contributed by atoms with Gasteiger partial charge in [-0.25, -0.2) is 14.8 Å². The Labute approximate surface area is 173 Å². The van der Waals surface area contributed by atoms with Crippen molar-refractivity contribution in [3.63, 3.8) is 0 Å². The van der Waals surface area contributed by atoms with Crippen molar-refractivity contribution in [3.8, 4) is 11.4 Å². The first-order chi connectivity index (χ1) is 14.4. The van der Waals surface area contributed by atoms with Gasteiger partial charge in [0.25, 0.3) is 0 Å². The number of ether oxygens (including phenoxy) is 1. The van der Waals surface area contributed by atoms with Gasteiger partial charge in [-0.3, -0.25) is 0 Å². The lowest BCUT2D eigenvalue weighted by Crippen LogP contribution is -2.14. The Morgan fingerprint density at radius 3 is 2.80 bits per heavy atom. The smallest absolute Gasteiger partial charge is 0.416 e. The van der Waals surface area contributed by atoms with E-state index < -0.39 is 17.7 Å². The number of nitrogens with one attached hydrogen (secondary N) is 1. The number of aromatic nitrogens is 2. The Hall–Kier alpha value is -2.90. The van der Waals surface area contributed by atoms with Gasteiger partial charge in [0, 0.05) is 18.3 Å². The quantitative estimate of drug-likeness (QED) is 0.465. The SMILES string of the molecule is CCOC(=O)c1cnc(-c2cccc(C(F)(F)F)c2)nc1NCCC1=CCCCC1. The second-order valence-corrected chi connectivity index (χ2v) is 7.04. The molecule has 0 saturated heterocycles. The highest BCUT2D eigenvalue weighted by atomic mass is 19.4. The minimum atomic E-state index is -4.46. The fourth-order valence-electron chi connectivity index (χ4n) is 3.32. The zero-order valence-corrected chi connectivity index (χ0v) is 16.8. The first kappa shape index (κ1) is 21.8. The Bertz CT molecular complexity index is 926. The van der Waals surface area contributed by atoms with Crippen LogP contribution in [0.3, 0.4) is 0 Å². The van der Waals surface area contributed by atoms with E-state index in [0.29, 0.717) is 6.54 Å². The molecule has 0 atom stereocenters. The van der Waals surface area contributed by atoms with E-state index in [1.807, 2.05) is 0 Å². The molecule has 1 N–H and O–H groups in total. The lowest BCUT2D eigenvalue weighted by atomic mass is 9.97. The van der Waals surface area contributed by atoms with Crippen LogP contribution in [-0.4, -0.2) is 29.1 Å². The van der Waals surface area contributed by atoms with Crippen molar-refractivity contribution in [1.29, 1.82) is 0 Å². The molecule has 1 aromatic heterocycles. The van der Waals surface area contributed by atoms with E-state index in [1.165, 1.54) is 36.7 Å². The summed E-state index contributed by atoms with van der Waals surface area (Å²) in [5.41, 5.74) is 0.957. The van der Waals surface area contributed by atoms with Crippen LogP contribution in [0, 0.1) is 0 Å². The molecule has 1 heterocycles. The Balaban J connectivity index is 1.86. The number of esters is 1. The average molecular weight is 419 g/mol. The molecule has 0 bridgehead atoms.